The monoisotopic (exact) mass is 143 g/mol. The Bertz CT molecular complexity index is 173. The molecule has 0 saturated heterocycles. The van der Waals surface area contributed by atoms with Gasteiger partial charge in [-0.25, -0.2) is 4.98 Å². The molecule has 0 bridgehead atoms. The molecule has 1 heterocycles. The first-order valence-corrected chi connectivity index (χ1v) is 3.03. The molecule has 0 spiro atoms. The molecule has 0 saturated carbocycles. The molecule has 2 N–H and O–H groups in total. The number of oxazole rings is 1. The highest BCUT2D eigenvalue weighted by Crippen LogP contribution is 2.12. The molecule has 1 aromatic heterocycles. The van der Waals surface area contributed by atoms with Crippen molar-refractivity contribution in [2.24, 2.45) is 0 Å². The van der Waals surface area contributed by atoms with Crippen LogP contribution in [0.3, 0.4) is 0 Å². The van der Waals surface area contributed by atoms with Crippen LogP contribution in [0.4, 0.5) is 0 Å². The van der Waals surface area contributed by atoms with Crippen LogP contribution in [-0.2, 0) is 0 Å². The Labute approximate surface area is 58.1 Å². The van der Waals surface area contributed by atoms with E-state index >= 15 is 0 Å². The maximum Gasteiger partial charge on any atom is 0.222 e. The molecule has 0 amide bonds. The van der Waals surface area contributed by atoms with Crippen LogP contribution in [0.5, 0.6) is 0 Å². The fourth-order valence-corrected chi connectivity index (χ4v) is 0.645. The van der Waals surface area contributed by atoms with Gasteiger partial charge in [-0.2, -0.15) is 0 Å². The van der Waals surface area contributed by atoms with E-state index in [0.717, 1.165) is 0 Å². The highest BCUT2D eigenvalue weighted by molar-refractivity contribution is 4.84. The lowest BCUT2D eigenvalue weighted by Crippen LogP contribution is -1.99. The van der Waals surface area contributed by atoms with E-state index in [0.29, 0.717) is 0 Å². The first-order valence-electron chi connectivity index (χ1n) is 3.03. The lowest BCUT2D eigenvalue weighted by Gasteiger charge is -2.01. The molecule has 4 nitrogen and oxygen atoms in total. The summed E-state index contributed by atoms with van der Waals surface area (Å²) in [6.45, 7) is -0.0659. The van der Waals surface area contributed by atoms with Crippen molar-refractivity contribution in [1.29, 1.82) is 0 Å². The number of rotatable bonds is 3. The highest BCUT2D eigenvalue weighted by Gasteiger charge is 2.09. The van der Waals surface area contributed by atoms with Gasteiger partial charge in [0, 0.05) is 13.0 Å². The summed E-state index contributed by atoms with van der Waals surface area (Å²) in [5.74, 6) is 0.258. The second-order valence-electron chi connectivity index (χ2n) is 1.90. The first-order chi connectivity index (χ1) is 4.84. The van der Waals surface area contributed by atoms with Gasteiger partial charge in [0.15, 0.2) is 0 Å². The van der Waals surface area contributed by atoms with Gasteiger partial charge in [-0.3, -0.25) is 0 Å². The van der Waals surface area contributed by atoms with Crippen LogP contribution in [-0.4, -0.2) is 21.8 Å². The molecule has 1 rings (SSSR count). The smallest absolute Gasteiger partial charge is 0.222 e. The van der Waals surface area contributed by atoms with E-state index in [2.05, 4.69) is 4.98 Å². The van der Waals surface area contributed by atoms with Gasteiger partial charge >= 0.3 is 0 Å². The summed E-state index contributed by atoms with van der Waals surface area (Å²) in [7, 11) is 0. The third-order valence-corrected chi connectivity index (χ3v) is 1.14. The van der Waals surface area contributed by atoms with Crippen LogP contribution in [0, 0.1) is 0 Å². The van der Waals surface area contributed by atoms with Crippen molar-refractivity contribution in [3.8, 4) is 0 Å². The van der Waals surface area contributed by atoms with Gasteiger partial charge in [0.1, 0.15) is 12.4 Å². The molecule has 0 radical (unpaired) electrons. The zero-order valence-electron chi connectivity index (χ0n) is 5.40. The molecule has 1 aromatic rings. The van der Waals surface area contributed by atoms with E-state index in [1.165, 1.54) is 12.5 Å². The molecule has 10 heavy (non-hydrogen) atoms. The second-order valence-corrected chi connectivity index (χ2v) is 1.90. The second kappa shape index (κ2) is 3.34. The molecule has 0 aromatic carbocycles. The molecule has 0 aliphatic rings. The summed E-state index contributed by atoms with van der Waals surface area (Å²) in [5, 5.41) is 17.5. The van der Waals surface area contributed by atoms with E-state index in [9.17, 15) is 0 Å². The van der Waals surface area contributed by atoms with E-state index in [1.54, 1.807) is 0 Å². The van der Waals surface area contributed by atoms with Crippen molar-refractivity contribution in [2.45, 2.75) is 12.5 Å². The van der Waals surface area contributed by atoms with E-state index in [1.807, 2.05) is 0 Å². The van der Waals surface area contributed by atoms with Crippen molar-refractivity contribution >= 4 is 0 Å². The van der Waals surface area contributed by atoms with Gasteiger partial charge in [-0.05, 0) is 0 Å². The van der Waals surface area contributed by atoms with Crippen LogP contribution in [0.25, 0.3) is 0 Å². The average Bonchev–Trinajstić information content (AvgIpc) is 2.38. The number of hydrogen-bond donors (Lipinski definition) is 2. The van der Waals surface area contributed by atoms with Crippen molar-refractivity contribution in [3.63, 3.8) is 0 Å². The Morgan fingerprint density at radius 3 is 3.00 bits per heavy atom. The minimum Gasteiger partial charge on any atom is -0.446 e. The van der Waals surface area contributed by atoms with Crippen LogP contribution in [0.15, 0.2) is 16.9 Å². The summed E-state index contributed by atoms with van der Waals surface area (Å²) in [6, 6.07) is 0. The average molecular weight is 143 g/mol. The van der Waals surface area contributed by atoms with Gasteiger partial charge in [-0.1, -0.05) is 0 Å². The Morgan fingerprint density at radius 2 is 2.50 bits per heavy atom. The molecular formula is C6H9NO3. The summed E-state index contributed by atoms with van der Waals surface area (Å²) in [6.07, 6.45) is 2.33. The van der Waals surface area contributed by atoms with Gasteiger partial charge in [0.2, 0.25) is 5.89 Å². The molecule has 56 valence electrons. The van der Waals surface area contributed by atoms with Crippen molar-refractivity contribution in [2.75, 3.05) is 6.61 Å². The van der Waals surface area contributed by atoms with Crippen LogP contribution >= 0.6 is 0 Å². The summed E-state index contributed by atoms with van der Waals surface area (Å²) < 4.78 is 4.78. The Balaban J connectivity index is 2.50. The predicted octanol–water partition coefficient (Wildman–Crippen LogP) is 0.0904. The molecule has 0 aliphatic carbocycles. The number of hydrogen-bond acceptors (Lipinski definition) is 4. The topological polar surface area (TPSA) is 66.5 Å². The largest absolute Gasteiger partial charge is 0.446 e. The quantitative estimate of drug-likeness (QED) is 0.629. The maximum absolute atomic E-state index is 9.09. The van der Waals surface area contributed by atoms with Crippen molar-refractivity contribution < 1.29 is 14.6 Å². The van der Waals surface area contributed by atoms with Gasteiger partial charge in [0.05, 0.1) is 6.20 Å². The predicted molar refractivity (Wildman–Crippen MR) is 33.2 cm³/mol. The van der Waals surface area contributed by atoms with Crippen molar-refractivity contribution in [3.05, 3.63) is 18.4 Å². The van der Waals surface area contributed by atoms with Crippen LogP contribution in [0.1, 0.15) is 18.4 Å². The Hall–Kier alpha value is -0.870. The van der Waals surface area contributed by atoms with Gasteiger partial charge < -0.3 is 14.6 Å². The highest BCUT2D eigenvalue weighted by atomic mass is 16.4. The standard InChI is InChI=1S/C6H9NO3/c8-3-1-5(9)6-7-2-4-10-6/h2,4-5,8-9H,1,3H2. The molecule has 4 heteroatoms. The molecule has 0 aliphatic heterocycles. The molecule has 1 unspecified atom stereocenters. The lowest BCUT2D eigenvalue weighted by molar-refractivity contribution is 0.108. The minimum absolute atomic E-state index is 0.0659. The fourth-order valence-electron chi connectivity index (χ4n) is 0.645. The number of aliphatic hydroxyl groups is 2. The summed E-state index contributed by atoms with van der Waals surface area (Å²) in [5.41, 5.74) is 0. The minimum atomic E-state index is -0.778. The SMILES string of the molecule is OCCC(O)c1ncco1. The summed E-state index contributed by atoms with van der Waals surface area (Å²) in [4.78, 5) is 3.71. The Kier molecular flexibility index (Phi) is 2.42. The Morgan fingerprint density at radius 1 is 1.70 bits per heavy atom. The maximum atomic E-state index is 9.09. The molecule has 0 fully saturated rings. The molecule has 1 atom stereocenters. The number of aromatic nitrogens is 1. The third kappa shape index (κ3) is 1.55. The third-order valence-electron chi connectivity index (χ3n) is 1.14. The van der Waals surface area contributed by atoms with Gasteiger partial charge in [-0.15, -0.1) is 0 Å². The van der Waals surface area contributed by atoms with Crippen molar-refractivity contribution in [1.82, 2.24) is 4.98 Å². The molecular weight excluding hydrogens is 134 g/mol. The van der Waals surface area contributed by atoms with Crippen LogP contribution < -0.4 is 0 Å². The van der Waals surface area contributed by atoms with E-state index in [-0.39, 0.29) is 18.9 Å². The normalized spacial score (nSPS) is 13.4. The number of aliphatic hydroxyl groups excluding tert-OH is 2. The fraction of sp³-hybridized carbons (Fsp3) is 0.500. The van der Waals surface area contributed by atoms with E-state index in [4.69, 9.17) is 14.6 Å². The number of nitrogens with zero attached hydrogens (tertiary/aromatic N) is 1. The van der Waals surface area contributed by atoms with E-state index < -0.39 is 6.10 Å². The van der Waals surface area contributed by atoms with Crippen LogP contribution in [0.2, 0.25) is 0 Å². The first kappa shape index (κ1) is 7.24. The van der Waals surface area contributed by atoms with Gasteiger partial charge in [0.25, 0.3) is 0 Å². The summed E-state index contributed by atoms with van der Waals surface area (Å²) >= 11 is 0. The zero-order valence-corrected chi connectivity index (χ0v) is 5.40. The zero-order chi connectivity index (χ0) is 7.40. The lowest BCUT2D eigenvalue weighted by atomic mass is 10.3.